The summed E-state index contributed by atoms with van der Waals surface area (Å²) in [6.07, 6.45) is 0.626. The van der Waals surface area contributed by atoms with Crippen molar-refractivity contribution >= 4 is 5.91 Å². The molecule has 0 aromatic rings. The van der Waals surface area contributed by atoms with E-state index < -0.39 is 0 Å². The smallest absolute Gasteiger partial charge is 0.246 e. The van der Waals surface area contributed by atoms with Crippen LogP contribution in [0, 0.1) is 11.8 Å². The molecule has 0 radical (unpaired) electrons. The fourth-order valence-corrected chi connectivity index (χ4v) is 1.58. The van der Waals surface area contributed by atoms with Crippen LogP contribution in [0.15, 0.2) is 0 Å². The average Bonchev–Trinajstić information content (AvgIpc) is 2.32. The monoisotopic (exact) mass is 157 g/mol. The summed E-state index contributed by atoms with van der Waals surface area (Å²) in [6, 6.07) is 0. The van der Waals surface area contributed by atoms with Crippen LogP contribution in [0.25, 0.3) is 0 Å². The van der Waals surface area contributed by atoms with Gasteiger partial charge in [0.1, 0.15) is 6.10 Å². The van der Waals surface area contributed by atoms with Gasteiger partial charge in [0.25, 0.3) is 0 Å². The predicted octanol–water partition coefficient (Wildman–Crippen LogP) is 0.533. The molecule has 1 saturated heterocycles. The Bertz CT molecular complexity index is 156. The molecule has 1 fully saturated rings. The van der Waals surface area contributed by atoms with Crippen LogP contribution in [0.2, 0.25) is 0 Å². The number of carbonyl (C=O) groups is 1. The van der Waals surface area contributed by atoms with Gasteiger partial charge in [0.05, 0.1) is 0 Å². The molecule has 2 N–H and O–H groups in total. The summed E-state index contributed by atoms with van der Waals surface area (Å²) in [5.74, 6) is 0.490. The Morgan fingerprint density at radius 1 is 1.64 bits per heavy atom. The first-order valence-electron chi connectivity index (χ1n) is 4.04. The van der Waals surface area contributed by atoms with Gasteiger partial charge < -0.3 is 10.5 Å². The molecule has 0 aromatic heterocycles. The van der Waals surface area contributed by atoms with Gasteiger partial charge in [-0.1, -0.05) is 13.8 Å². The van der Waals surface area contributed by atoms with Gasteiger partial charge in [-0.3, -0.25) is 4.79 Å². The van der Waals surface area contributed by atoms with Crippen molar-refractivity contribution in [1.82, 2.24) is 0 Å². The van der Waals surface area contributed by atoms with Gasteiger partial charge in [-0.05, 0) is 18.3 Å². The maximum Gasteiger partial charge on any atom is 0.246 e. The van der Waals surface area contributed by atoms with E-state index >= 15 is 0 Å². The number of nitrogens with two attached hydrogens (primary N) is 1. The third-order valence-electron chi connectivity index (χ3n) is 2.27. The highest BCUT2D eigenvalue weighted by molar-refractivity contribution is 5.79. The van der Waals surface area contributed by atoms with Gasteiger partial charge in [0, 0.05) is 6.61 Å². The third kappa shape index (κ3) is 1.71. The second-order valence-electron chi connectivity index (χ2n) is 3.39. The molecule has 3 nitrogen and oxygen atoms in total. The van der Waals surface area contributed by atoms with Gasteiger partial charge in [0.2, 0.25) is 5.91 Å². The molecule has 1 heterocycles. The van der Waals surface area contributed by atoms with E-state index in [1.807, 2.05) is 0 Å². The summed E-state index contributed by atoms with van der Waals surface area (Å²) in [6.45, 7) is 4.86. The first-order chi connectivity index (χ1) is 5.13. The number of carbonyl (C=O) groups excluding carboxylic acids is 1. The molecule has 64 valence electrons. The van der Waals surface area contributed by atoms with Crippen molar-refractivity contribution in [2.45, 2.75) is 26.4 Å². The Morgan fingerprint density at radius 2 is 2.27 bits per heavy atom. The Labute approximate surface area is 66.9 Å². The van der Waals surface area contributed by atoms with E-state index in [1.54, 1.807) is 0 Å². The third-order valence-corrected chi connectivity index (χ3v) is 2.27. The summed E-state index contributed by atoms with van der Waals surface area (Å²) < 4.78 is 5.21. The number of ether oxygens (including phenoxy) is 1. The number of amides is 1. The molecule has 2 atom stereocenters. The van der Waals surface area contributed by atoms with Crippen molar-refractivity contribution in [3.05, 3.63) is 0 Å². The highest BCUT2D eigenvalue weighted by Gasteiger charge is 2.34. The van der Waals surface area contributed by atoms with E-state index in [1.165, 1.54) is 0 Å². The first kappa shape index (κ1) is 8.53. The van der Waals surface area contributed by atoms with Crippen LogP contribution < -0.4 is 5.73 Å². The van der Waals surface area contributed by atoms with E-state index in [4.69, 9.17) is 10.5 Å². The average molecular weight is 157 g/mol. The van der Waals surface area contributed by atoms with Crippen LogP contribution in [0.4, 0.5) is 0 Å². The standard InChI is InChI=1S/C8H15NO2/c1-5(2)6-3-4-11-7(6)8(9)10/h5-7H,3-4H2,1-2H3,(H2,9,10)/t6-,7-/m1/s1. The minimum absolute atomic E-state index is 0.318. The molecule has 0 bridgehead atoms. The fraction of sp³-hybridized carbons (Fsp3) is 0.875. The van der Waals surface area contributed by atoms with Gasteiger partial charge in [-0.15, -0.1) is 0 Å². The first-order valence-corrected chi connectivity index (χ1v) is 4.04. The molecule has 0 spiro atoms. The van der Waals surface area contributed by atoms with Crippen molar-refractivity contribution in [1.29, 1.82) is 0 Å². The van der Waals surface area contributed by atoms with Crippen LogP contribution in [0.3, 0.4) is 0 Å². The molecular weight excluding hydrogens is 142 g/mol. The van der Waals surface area contributed by atoms with Crippen LogP contribution in [0.5, 0.6) is 0 Å². The van der Waals surface area contributed by atoms with Crippen molar-refractivity contribution in [3.63, 3.8) is 0 Å². The topological polar surface area (TPSA) is 52.3 Å². The summed E-state index contributed by atoms with van der Waals surface area (Å²) in [5.41, 5.74) is 5.16. The molecule has 11 heavy (non-hydrogen) atoms. The molecule has 1 aliphatic heterocycles. The van der Waals surface area contributed by atoms with E-state index in [0.29, 0.717) is 18.4 Å². The summed E-state index contributed by atoms with van der Waals surface area (Å²) in [4.78, 5) is 10.8. The fourth-order valence-electron chi connectivity index (χ4n) is 1.58. The summed E-state index contributed by atoms with van der Waals surface area (Å²) in [5, 5.41) is 0. The molecule has 3 heteroatoms. The molecule has 1 rings (SSSR count). The lowest BCUT2D eigenvalue weighted by molar-refractivity contribution is -0.129. The van der Waals surface area contributed by atoms with Crippen LogP contribution in [-0.4, -0.2) is 18.6 Å². The molecule has 0 saturated carbocycles. The van der Waals surface area contributed by atoms with Crippen molar-refractivity contribution in [2.75, 3.05) is 6.61 Å². The lowest BCUT2D eigenvalue weighted by Crippen LogP contribution is -2.35. The number of rotatable bonds is 2. The second kappa shape index (κ2) is 3.22. The lowest BCUT2D eigenvalue weighted by atomic mass is 9.89. The number of hydrogen-bond donors (Lipinski definition) is 1. The van der Waals surface area contributed by atoms with E-state index in [2.05, 4.69) is 13.8 Å². The lowest BCUT2D eigenvalue weighted by Gasteiger charge is -2.18. The SMILES string of the molecule is CC(C)[C@H]1CCO[C@H]1C(N)=O. The highest BCUT2D eigenvalue weighted by Crippen LogP contribution is 2.27. The maximum atomic E-state index is 10.8. The van der Waals surface area contributed by atoms with E-state index in [-0.39, 0.29) is 12.0 Å². The van der Waals surface area contributed by atoms with Crippen LogP contribution in [0.1, 0.15) is 20.3 Å². The number of hydrogen-bond acceptors (Lipinski definition) is 2. The zero-order valence-corrected chi connectivity index (χ0v) is 7.04. The summed E-state index contributed by atoms with van der Waals surface area (Å²) in [7, 11) is 0. The minimum Gasteiger partial charge on any atom is -0.368 e. The van der Waals surface area contributed by atoms with Gasteiger partial charge >= 0.3 is 0 Å². The Balaban J connectivity index is 2.58. The van der Waals surface area contributed by atoms with Gasteiger partial charge in [0.15, 0.2) is 0 Å². The van der Waals surface area contributed by atoms with Crippen LogP contribution in [-0.2, 0) is 9.53 Å². The Hall–Kier alpha value is -0.570. The molecule has 1 amide bonds. The van der Waals surface area contributed by atoms with Crippen molar-refractivity contribution in [2.24, 2.45) is 17.6 Å². The molecule has 0 aliphatic carbocycles. The quantitative estimate of drug-likeness (QED) is 0.635. The highest BCUT2D eigenvalue weighted by atomic mass is 16.5. The molecule has 1 aliphatic rings. The summed E-state index contributed by atoms with van der Waals surface area (Å²) >= 11 is 0. The van der Waals surface area contributed by atoms with Crippen molar-refractivity contribution < 1.29 is 9.53 Å². The number of primary amides is 1. The van der Waals surface area contributed by atoms with Gasteiger partial charge in [-0.25, -0.2) is 0 Å². The minimum atomic E-state index is -0.338. The zero-order valence-electron chi connectivity index (χ0n) is 7.04. The normalized spacial score (nSPS) is 31.2. The largest absolute Gasteiger partial charge is 0.368 e. The van der Waals surface area contributed by atoms with Crippen molar-refractivity contribution in [3.8, 4) is 0 Å². The van der Waals surface area contributed by atoms with Crippen LogP contribution >= 0.6 is 0 Å². The van der Waals surface area contributed by atoms with E-state index in [9.17, 15) is 4.79 Å². The predicted molar refractivity (Wildman–Crippen MR) is 41.9 cm³/mol. The maximum absolute atomic E-state index is 10.8. The Morgan fingerprint density at radius 3 is 2.64 bits per heavy atom. The molecule has 0 unspecified atom stereocenters. The molecular formula is C8H15NO2. The zero-order chi connectivity index (χ0) is 8.43. The van der Waals surface area contributed by atoms with E-state index in [0.717, 1.165) is 6.42 Å². The second-order valence-corrected chi connectivity index (χ2v) is 3.39. The Kier molecular flexibility index (Phi) is 2.49. The molecule has 0 aromatic carbocycles. The van der Waals surface area contributed by atoms with Gasteiger partial charge in [-0.2, -0.15) is 0 Å².